The molecule has 8 nitrogen and oxygen atoms in total. The molecule has 0 heterocycles. The van der Waals surface area contributed by atoms with Crippen molar-refractivity contribution >= 4 is 12.1 Å². The Hall–Kier alpha value is -1.54. The molecule has 0 atom stereocenters. The molecule has 0 aliphatic heterocycles. The topological polar surface area (TPSA) is 88.7 Å². The third kappa shape index (κ3) is 22.9. The lowest BCUT2D eigenvalue weighted by Gasteiger charge is -2.22. The third-order valence-electron chi connectivity index (χ3n) is 6.41. The Bertz CT molecular complexity index is 446. The van der Waals surface area contributed by atoms with Gasteiger partial charge in [-0.05, 0) is 64.7 Å². The minimum Gasteiger partial charge on any atom is -0.338 e. The molecule has 214 valence electrons. The van der Waals surface area contributed by atoms with E-state index < -0.39 is 0 Å². The van der Waals surface area contributed by atoms with Crippen LogP contribution in [0.1, 0.15) is 105 Å². The van der Waals surface area contributed by atoms with E-state index in [1.165, 1.54) is 51.4 Å². The lowest BCUT2D eigenvalue weighted by atomic mass is 10.2. The first-order chi connectivity index (χ1) is 17.6. The van der Waals surface area contributed by atoms with Gasteiger partial charge >= 0.3 is 12.1 Å². The third-order valence-corrected chi connectivity index (χ3v) is 6.41. The summed E-state index contributed by atoms with van der Waals surface area (Å²) < 4.78 is 0. The average molecular weight is 513 g/mol. The summed E-state index contributed by atoms with van der Waals surface area (Å²) in [6.07, 6.45) is 13.7. The summed E-state index contributed by atoms with van der Waals surface area (Å²) in [4.78, 5) is 28.9. The van der Waals surface area contributed by atoms with Crippen molar-refractivity contribution in [3.05, 3.63) is 0 Å². The summed E-state index contributed by atoms with van der Waals surface area (Å²) in [5.41, 5.74) is 0. The fraction of sp³-hybridized carbons (Fsp3) is 0.929. The maximum Gasteiger partial charge on any atom is 0.314 e. The number of nitrogens with zero attached hydrogens (tertiary/aromatic N) is 2. The summed E-state index contributed by atoms with van der Waals surface area (Å²) in [6.45, 7) is 18.0. The summed E-state index contributed by atoms with van der Waals surface area (Å²) in [7, 11) is 0. The van der Waals surface area contributed by atoms with Gasteiger partial charge in [0.2, 0.25) is 0 Å². The molecule has 0 unspecified atom stereocenters. The van der Waals surface area contributed by atoms with Gasteiger partial charge in [0.05, 0.1) is 0 Å². The van der Waals surface area contributed by atoms with Gasteiger partial charge in [-0.2, -0.15) is 0 Å². The van der Waals surface area contributed by atoms with E-state index in [0.717, 1.165) is 65.0 Å². The van der Waals surface area contributed by atoms with Crippen molar-refractivity contribution in [1.82, 2.24) is 31.1 Å². The van der Waals surface area contributed by atoms with Crippen LogP contribution < -0.4 is 21.3 Å². The normalized spacial score (nSPS) is 11.2. The highest BCUT2D eigenvalue weighted by Gasteiger charge is 2.06. The molecule has 0 spiro atoms. The Morgan fingerprint density at radius 2 is 0.722 bits per heavy atom. The molecule has 4 amide bonds. The summed E-state index contributed by atoms with van der Waals surface area (Å²) in [5.74, 6) is 0. The standard InChI is InChI=1S/C28H60N6O2/c1-5-9-21-33(22-10-6-2)25-19-31-27(35)29-17-15-13-14-16-18-30-28(36)32-20-26-34(23-11-7-3)24-12-8-4/h5-26H2,1-4H3,(H2,29,31,35)(H2,30,32,36). The van der Waals surface area contributed by atoms with Gasteiger partial charge in [0, 0.05) is 39.3 Å². The second-order valence-corrected chi connectivity index (χ2v) is 9.88. The number of hydrogen-bond acceptors (Lipinski definition) is 4. The predicted octanol–water partition coefficient (Wildman–Crippen LogP) is 4.95. The van der Waals surface area contributed by atoms with E-state index in [-0.39, 0.29) is 12.1 Å². The summed E-state index contributed by atoms with van der Waals surface area (Å²) in [6, 6.07) is -0.135. The summed E-state index contributed by atoms with van der Waals surface area (Å²) >= 11 is 0. The first kappa shape index (κ1) is 34.5. The maximum absolute atomic E-state index is 12.0. The molecule has 0 aromatic rings. The number of hydrogen-bond donors (Lipinski definition) is 4. The quantitative estimate of drug-likeness (QED) is 0.130. The van der Waals surface area contributed by atoms with Gasteiger partial charge in [-0.3, -0.25) is 0 Å². The van der Waals surface area contributed by atoms with Crippen LogP contribution in [0.5, 0.6) is 0 Å². The van der Waals surface area contributed by atoms with Crippen LogP contribution >= 0.6 is 0 Å². The van der Waals surface area contributed by atoms with Gasteiger partial charge in [0.1, 0.15) is 0 Å². The minimum absolute atomic E-state index is 0.0674. The van der Waals surface area contributed by atoms with Crippen molar-refractivity contribution in [2.75, 3.05) is 65.4 Å². The Labute approximate surface area is 223 Å². The SMILES string of the molecule is CCCCN(CCCC)CCNC(=O)NCCCCCCNC(=O)NCCN(CCCC)CCCC. The number of unbranched alkanes of at least 4 members (excludes halogenated alkanes) is 7. The second-order valence-electron chi connectivity index (χ2n) is 9.88. The van der Waals surface area contributed by atoms with E-state index in [1.807, 2.05) is 0 Å². The van der Waals surface area contributed by atoms with E-state index in [1.54, 1.807) is 0 Å². The molecular formula is C28H60N6O2. The largest absolute Gasteiger partial charge is 0.338 e. The molecule has 4 N–H and O–H groups in total. The van der Waals surface area contributed by atoms with Crippen LogP contribution in [0.3, 0.4) is 0 Å². The highest BCUT2D eigenvalue weighted by atomic mass is 16.2. The van der Waals surface area contributed by atoms with Gasteiger partial charge in [-0.15, -0.1) is 0 Å². The van der Waals surface area contributed by atoms with Crippen LogP contribution in [0, 0.1) is 0 Å². The van der Waals surface area contributed by atoms with Crippen molar-refractivity contribution in [1.29, 1.82) is 0 Å². The van der Waals surface area contributed by atoms with Crippen molar-refractivity contribution in [3.8, 4) is 0 Å². The molecule has 0 aromatic heterocycles. The van der Waals surface area contributed by atoms with Crippen LogP contribution in [-0.4, -0.2) is 87.3 Å². The molecule has 0 aromatic carbocycles. The number of urea groups is 2. The zero-order chi connectivity index (χ0) is 26.7. The molecule has 0 aliphatic carbocycles. The molecule has 0 radical (unpaired) electrons. The van der Waals surface area contributed by atoms with Crippen LogP contribution in [0.4, 0.5) is 9.59 Å². The Morgan fingerprint density at radius 3 is 1.03 bits per heavy atom. The van der Waals surface area contributed by atoms with E-state index in [9.17, 15) is 9.59 Å². The first-order valence-electron chi connectivity index (χ1n) is 15.0. The minimum atomic E-state index is -0.0674. The zero-order valence-electron chi connectivity index (χ0n) is 24.3. The van der Waals surface area contributed by atoms with Gasteiger partial charge in [-0.1, -0.05) is 66.2 Å². The fourth-order valence-corrected chi connectivity index (χ4v) is 3.99. The molecule has 8 heteroatoms. The molecule has 0 rings (SSSR count). The Morgan fingerprint density at radius 1 is 0.417 bits per heavy atom. The van der Waals surface area contributed by atoms with Crippen LogP contribution in [0.15, 0.2) is 0 Å². The maximum atomic E-state index is 12.0. The summed E-state index contributed by atoms with van der Waals surface area (Å²) in [5, 5.41) is 11.9. The lowest BCUT2D eigenvalue weighted by molar-refractivity contribution is 0.232. The lowest BCUT2D eigenvalue weighted by Crippen LogP contribution is -2.41. The monoisotopic (exact) mass is 512 g/mol. The number of carbonyl (C=O) groups is 2. The first-order valence-corrected chi connectivity index (χ1v) is 15.0. The van der Waals surface area contributed by atoms with E-state index in [4.69, 9.17) is 0 Å². The molecule has 0 saturated carbocycles. The number of nitrogens with one attached hydrogen (secondary N) is 4. The molecule has 0 fully saturated rings. The van der Waals surface area contributed by atoms with Crippen LogP contribution in [0.25, 0.3) is 0 Å². The number of carbonyl (C=O) groups excluding carboxylic acids is 2. The van der Waals surface area contributed by atoms with Crippen molar-refractivity contribution < 1.29 is 9.59 Å². The van der Waals surface area contributed by atoms with Crippen LogP contribution in [0.2, 0.25) is 0 Å². The average Bonchev–Trinajstić information content (AvgIpc) is 2.88. The van der Waals surface area contributed by atoms with Crippen molar-refractivity contribution in [2.45, 2.75) is 105 Å². The van der Waals surface area contributed by atoms with E-state index >= 15 is 0 Å². The number of amides is 4. The molecular weight excluding hydrogens is 452 g/mol. The van der Waals surface area contributed by atoms with Crippen molar-refractivity contribution in [3.63, 3.8) is 0 Å². The van der Waals surface area contributed by atoms with Gasteiger partial charge in [0.15, 0.2) is 0 Å². The molecule has 0 aliphatic rings. The highest BCUT2D eigenvalue weighted by molar-refractivity contribution is 5.74. The van der Waals surface area contributed by atoms with Crippen LogP contribution in [-0.2, 0) is 0 Å². The predicted molar refractivity (Wildman–Crippen MR) is 154 cm³/mol. The molecule has 0 saturated heterocycles. The molecule has 36 heavy (non-hydrogen) atoms. The second kappa shape index (κ2) is 26.5. The smallest absolute Gasteiger partial charge is 0.314 e. The van der Waals surface area contributed by atoms with E-state index in [2.05, 4.69) is 58.8 Å². The Kier molecular flexibility index (Phi) is 25.4. The van der Waals surface area contributed by atoms with Crippen molar-refractivity contribution in [2.24, 2.45) is 0 Å². The fourth-order valence-electron chi connectivity index (χ4n) is 3.99. The van der Waals surface area contributed by atoms with Gasteiger partial charge in [-0.25, -0.2) is 9.59 Å². The van der Waals surface area contributed by atoms with Gasteiger partial charge < -0.3 is 31.1 Å². The van der Waals surface area contributed by atoms with E-state index in [0.29, 0.717) is 26.2 Å². The number of rotatable bonds is 25. The highest BCUT2D eigenvalue weighted by Crippen LogP contribution is 2.00. The van der Waals surface area contributed by atoms with Gasteiger partial charge in [0.25, 0.3) is 0 Å². The molecule has 0 bridgehead atoms. The zero-order valence-corrected chi connectivity index (χ0v) is 24.3. The Balaban J connectivity index is 3.67.